The Balaban J connectivity index is 1.55. The Morgan fingerprint density at radius 2 is 2.00 bits per heavy atom. The van der Waals surface area contributed by atoms with Gasteiger partial charge < -0.3 is 15.0 Å². The number of methoxy groups -OCH3 is 1. The number of ether oxygens (including phenoxy) is 1. The van der Waals surface area contributed by atoms with E-state index in [2.05, 4.69) is 39.5 Å². The minimum Gasteiger partial charge on any atom is -0.497 e. The number of fused-ring (bicyclic) bond motifs is 1. The molecule has 2 heterocycles. The fraction of sp³-hybridized carbons (Fsp3) is 0.286. The van der Waals surface area contributed by atoms with E-state index in [9.17, 15) is 4.79 Å². The normalized spacial score (nSPS) is 18.1. The summed E-state index contributed by atoms with van der Waals surface area (Å²) in [7, 11) is 1.63. The molecule has 1 aliphatic heterocycles. The first-order valence-corrected chi connectivity index (χ1v) is 8.93. The lowest BCUT2D eigenvalue weighted by atomic mass is 10.0. The van der Waals surface area contributed by atoms with Gasteiger partial charge in [-0.3, -0.25) is 9.69 Å². The highest BCUT2D eigenvalue weighted by Gasteiger charge is 2.21. The summed E-state index contributed by atoms with van der Waals surface area (Å²) >= 11 is 0. The van der Waals surface area contributed by atoms with E-state index < -0.39 is 0 Å². The van der Waals surface area contributed by atoms with Crippen LogP contribution < -0.4 is 15.6 Å². The SMILES string of the molecule is COc1ccc2cc(CN3CCNC(c4ccccc4)C3)c(=O)[nH]c2c1. The molecule has 1 atom stereocenters. The Bertz CT molecular complexity index is 952. The van der Waals surface area contributed by atoms with Crippen molar-refractivity contribution in [1.29, 1.82) is 0 Å². The molecule has 0 spiro atoms. The smallest absolute Gasteiger partial charge is 0.252 e. The van der Waals surface area contributed by atoms with Crippen LogP contribution in [0.4, 0.5) is 0 Å². The summed E-state index contributed by atoms with van der Waals surface area (Å²) in [6.45, 7) is 3.40. The summed E-state index contributed by atoms with van der Waals surface area (Å²) in [5, 5.41) is 4.59. The molecule has 3 aromatic rings. The van der Waals surface area contributed by atoms with Crippen LogP contribution in [-0.4, -0.2) is 36.6 Å². The molecule has 2 aromatic carbocycles. The first-order chi connectivity index (χ1) is 12.7. The largest absolute Gasteiger partial charge is 0.497 e. The molecule has 5 heteroatoms. The molecule has 5 nitrogen and oxygen atoms in total. The molecule has 0 aliphatic carbocycles. The van der Waals surface area contributed by atoms with Gasteiger partial charge in [0.05, 0.1) is 12.6 Å². The zero-order chi connectivity index (χ0) is 17.9. The first-order valence-electron chi connectivity index (χ1n) is 8.93. The second-order valence-corrected chi connectivity index (χ2v) is 6.73. The second-order valence-electron chi connectivity index (χ2n) is 6.73. The number of aromatic amines is 1. The van der Waals surface area contributed by atoms with Crippen molar-refractivity contribution in [3.05, 3.63) is 76.1 Å². The first kappa shape index (κ1) is 16.8. The van der Waals surface area contributed by atoms with E-state index in [1.54, 1.807) is 7.11 Å². The third kappa shape index (κ3) is 3.49. The van der Waals surface area contributed by atoms with Crippen molar-refractivity contribution in [3.8, 4) is 5.75 Å². The lowest BCUT2D eigenvalue weighted by Crippen LogP contribution is -2.45. The van der Waals surface area contributed by atoms with Crippen LogP contribution in [0.5, 0.6) is 5.75 Å². The number of nitrogens with one attached hydrogen (secondary N) is 2. The van der Waals surface area contributed by atoms with Crippen LogP contribution in [0.15, 0.2) is 59.4 Å². The topological polar surface area (TPSA) is 57.4 Å². The fourth-order valence-corrected chi connectivity index (χ4v) is 3.57. The Morgan fingerprint density at radius 3 is 2.81 bits per heavy atom. The predicted molar refractivity (Wildman–Crippen MR) is 104 cm³/mol. The maximum Gasteiger partial charge on any atom is 0.252 e. The average Bonchev–Trinajstić information content (AvgIpc) is 2.69. The highest BCUT2D eigenvalue weighted by atomic mass is 16.5. The Morgan fingerprint density at radius 1 is 1.15 bits per heavy atom. The van der Waals surface area contributed by atoms with Crippen LogP contribution in [0.2, 0.25) is 0 Å². The summed E-state index contributed by atoms with van der Waals surface area (Å²) in [5.41, 5.74) is 2.87. The van der Waals surface area contributed by atoms with Crippen LogP contribution in [0.3, 0.4) is 0 Å². The molecule has 0 saturated carbocycles. The molecule has 0 amide bonds. The quantitative estimate of drug-likeness (QED) is 0.760. The third-order valence-electron chi connectivity index (χ3n) is 4.99. The van der Waals surface area contributed by atoms with Crippen LogP contribution >= 0.6 is 0 Å². The van der Waals surface area contributed by atoms with Gasteiger partial charge in [-0.15, -0.1) is 0 Å². The maximum atomic E-state index is 12.5. The van der Waals surface area contributed by atoms with Gasteiger partial charge in [0.1, 0.15) is 5.75 Å². The number of piperazine rings is 1. The summed E-state index contributed by atoms with van der Waals surface area (Å²) < 4.78 is 5.23. The second kappa shape index (κ2) is 7.32. The van der Waals surface area contributed by atoms with Crippen molar-refractivity contribution in [2.24, 2.45) is 0 Å². The number of benzene rings is 2. The molecular formula is C21H23N3O2. The van der Waals surface area contributed by atoms with Crippen molar-refractivity contribution in [3.63, 3.8) is 0 Å². The van der Waals surface area contributed by atoms with Crippen molar-refractivity contribution < 1.29 is 4.74 Å². The summed E-state index contributed by atoms with van der Waals surface area (Å²) in [6, 6.07) is 18.5. The Labute approximate surface area is 152 Å². The number of hydrogen-bond acceptors (Lipinski definition) is 4. The van der Waals surface area contributed by atoms with E-state index in [0.717, 1.165) is 41.9 Å². The van der Waals surface area contributed by atoms with Gasteiger partial charge in [0.15, 0.2) is 0 Å². The monoisotopic (exact) mass is 349 g/mol. The van der Waals surface area contributed by atoms with Crippen LogP contribution in [0.25, 0.3) is 10.9 Å². The van der Waals surface area contributed by atoms with Crippen LogP contribution in [-0.2, 0) is 6.54 Å². The zero-order valence-electron chi connectivity index (χ0n) is 14.9. The zero-order valence-corrected chi connectivity index (χ0v) is 14.9. The molecule has 0 bridgehead atoms. The lowest BCUT2D eigenvalue weighted by molar-refractivity contribution is 0.192. The molecule has 1 saturated heterocycles. The molecule has 1 aliphatic rings. The molecule has 4 rings (SSSR count). The van der Waals surface area contributed by atoms with Gasteiger partial charge in [0.2, 0.25) is 0 Å². The molecule has 134 valence electrons. The van der Waals surface area contributed by atoms with Gasteiger partial charge in [0, 0.05) is 43.9 Å². The van der Waals surface area contributed by atoms with Crippen molar-refractivity contribution in [2.75, 3.05) is 26.7 Å². The van der Waals surface area contributed by atoms with E-state index in [0.29, 0.717) is 12.6 Å². The molecule has 1 unspecified atom stereocenters. The maximum absolute atomic E-state index is 12.5. The van der Waals surface area contributed by atoms with Gasteiger partial charge in [-0.05, 0) is 29.1 Å². The average molecular weight is 349 g/mol. The number of hydrogen-bond donors (Lipinski definition) is 2. The summed E-state index contributed by atoms with van der Waals surface area (Å²) in [5.74, 6) is 0.744. The summed E-state index contributed by atoms with van der Waals surface area (Å²) in [4.78, 5) is 17.8. The number of H-pyrrole nitrogens is 1. The fourth-order valence-electron chi connectivity index (χ4n) is 3.57. The Kier molecular flexibility index (Phi) is 4.73. The number of rotatable bonds is 4. The van der Waals surface area contributed by atoms with Crippen molar-refractivity contribution in [1.82, 2.24) is 15.2 Å². The van der Waals surface area contributed by atoms with Crippen molar-refractivity contribution in [2.45, 2.75) is 12.6 Å². The molecule has 26 heavy (non-hydrogen) atoms. The summed E-state index contributed by atoms with van der Waals surface area (Å²) in [6.07, 6.45) is 0. The minimum atomic E-state index is -0.0273. The van der Waals surface area contributed by atoms with Crippen LogP contribution in [0.1, 0.15) is 17.2 Å². The van der Waals surface area contributed by atoms with Crippen LogP contribution in [0, 0.1) is 0 Å². The molecule has 0 radical (unpaired) electrons. The van der Waals surface area contributed by atoms with E-state index >= 15 is 0 Å². The number of aromatic nitrogens is 1. The molecule has 2 N–H and O–H groups in total. The predicted octanol–water partition coefficient (Wildman–Crippen LogP) is 2.68. The van der Waals surface area contributed by atoms with Gasteiger partial charge in [0.25, 0.3) is 5.56 Å². The van der Waals surface area contributed by atoms with Gasteiger partial charge in [-0.25, -0.2) is 0 Å². The van der Waals surface area contributed by atoms with E-state index in [-0.39, 0.29) is 5.56 Å². The minimum absolute atomic E-state index is 0.0273. The molecule has 1 aromatic heterocycles. The van der Waals surface area contributed by atoms with E-state index in [1.807, 2.05) is 30.3 Å². The van der Waals surface area contributed by atoms with Gasteiger partial charge in [-0.1, -0.05) is 30.3 Å². The molecular weight excluding hydrogens is 326 g/mol. The highest BCUT2D eigenvalue weighted by Crippen LogP contribution is 2.21. The highest BCUT2D eigenvalue weighted by molar-refractivity contribution is 5.80. The van der Waals surface area contributed by atoms with Gasteiger partial charge >= 0.3 is 0 Å². The van der Waals surface area contributed by atoms with Gasteiger partial charge in [-0.2, -0.15) is 0 Å². The standard InChI is InChI=1S/C21H23N3O2/c1-26-18-8-7-16-11-17(21(25)23-19(16)12-18)13-24-10-9-22-20(14-24)15-5-3-2-4-6-15/h2-8,11-12,20,22H,9-10,13-14H2,1H3,(H,23,25). The molecule has 1 fully saturated rings. The number of nitrogens with zero attached hydrogens (tertiary/aromatic N) is 1. The van der Waals surface area contributed by atoms with Crippen molar-refractivity contribution >= 4 is 10.9 Å². The number of pyridine rings is 1. The third-order valence-corrected chi connectivity index (χ3v) is 4.99. The Hall–Kier alpha value is -2.63. The van der Waals surface area contributed by atoms with E-state index in [4.69, 9.17) is 4.74 Å². The van der Waals surface area contributed by atoms with E-state index in [1.165, 1.54) is 5.56 Å². The lowest BCUT2D eigenvalue weighted by Gasteiger charge is -2.33.